The summed E-state index contributed by atoms with van der Waals surface area (Å²) < 4.78 is 43.5. The van der Waals surface area contributed by atoms with E-state index in [9.17, 15) is 18.0 Å². The van der Waals surface area contributed by atoms with Crippen LogP contribution >= 0.6 is 0 Å². The topological polar surface area (TPSA) is 58.9 Å². The molecule has 0 aliphatic heterocycles. The molecule has 0 radical (unpaired) electrons. The lowest BCUT2D eigenvalue weighted by atomic mass is 9.99. The maximum atomic E-state index is 12.2. The maximum absolute atomic E-state index is 12.2. The molecule has 1 heterocycles. The fourth-order valence-corrected chi connectivity index (χ4v) is 1.72. The average molecular weight is 249 g/mol. The predicted octanol–water partition coefficient (Wildman–Crippen LogP) is 2.73. The van der Waals surface area contributed by atoms with Crippen LogP contribution in [0.5, 0.6) is 0 Å². The van der Waals surface area contributed by atoms with Crippen LogP contribution in [0.1, 0.15) is 47.8 Å². The number of hydrogen-bond acceptors (Lipinski definition) is 1. The molecule has 6 heteroatoms. The zero-order valence-corrected chi connectivity index (χ0v) is 9.61. The summed E-state index contributed by atoms with van der Waals surface area (Å²) in [6, 6.07) is 0. The van der Waals surface area contributed by atoms with E-state index in [1.54, 1.807) is 5.73 Å². The number of amides is 1. The molecule has 3 N–H and O–H groups in total. The molecule has 3 nitrogen and oxygen atoms in total. The van der Waals surface area contributed by atoms with E-state index in [0.29, 0.717) is 11.3 Å². The quantitative estimate of drug-likeness (QED) is 0.846. The van der Waals surface area contributed by atoms with Crippen LogP contribution < -0.4 is 5.73 Å². The largest absolute Gasteiger partial charge is 0.389 e. The molecular weight excluding hydrogens is 233 g/mol. The Morgan fingerprint density at radius 2 is 2.24 bits per heavy atom. The molecule has 96 valence electrons. The summed E-state index contributed by atoms with van der Waals surface area (Å²) in [6.07, 6.45) is -4.16. The molecule has 0 aliphatic rings. The highest BCUT2D eigenvalue weighted by atomic mass is 19.4. The number of aromatic nitrogens is 1. The van der Waals surface area contributed by atoms with Crippen molar-refractivity contribution in [2.45, 2.75) is 38.8 Å². The summed E-state index contributed by atoms with van der Waals surface area (Å²) in [5.41, 5.74) is 2.74. The number of hydrogen-bond donors (Lipinski definition) is 2. The Morgan fingerprint density at radius 1 is 1.59 bits per heavy atom. The number of carbonyl (C=O) groups excluding carboxylic acids is 1. The van der Waals surface area contributed by atoms with Gasteiger partial charge in [-0.25, -0.2) is 0 Å². The number of carbonyl (C=O) groups is 1. The molecule has 0 saturated heterocycles. The van der Waals surface area contributed by atoms with E-state index in [4.69, 9.17) is 1.41 Å². The molecule has 0 aromatic carbocycles. The summed E-state index contributed by atoms with van der Waals surface area (Å²) in [7, 11) is 0. The van der Waals surface area contributed by atoms with Crippen molar-refractivity contribution in [1.82, 2.24) is 4.98 Å². The van der Waals surface area contributed by atoms with Crippen molar-refractivity contribution in [2.24, 2.45) is 5.73 Å². The molecule has 0 fully saturated rings. The van der Waals surface area contributed by atoms with Crippen LogP contribution in [-0.4, -0.2) is 17.1 Å². The normalized spacial score (nSPS) is 12.7. The first kappa shape index (κ1) is 12.0. The van der Waals surface area contributed by atoms with E-state index in [1.807, 2.05) is 13.8 Å². The molecule has 0 aliphatic carbocycles. The summed E-state index contributed by atoms with van der Waals surface area (Å²) in [6.45, 7) is 3.65. The predicted molar refractivity (Wildman–Crippen MR) is 57.8 cm³/mol. The van der Waals surface area contributed by atoms with Crippen LogP contribution in [0.3, 0.4) is 0 Å². The third kappa shape index (κ3) is 3.51. The Morgan fingerprint density at radius 3 is 2.71 bits per heavy atom. The molecule has 0 atom stereocenters. The van der Waals surface area contributed by atoms with Crippen LogP contribution in [0.4, 0.5) is 13.2 Å². The second-order valence-corrected chi connectivity index (χ2v) is 4.19. The third-order valence-electron chi connectivity index (χ3n) is 2.50. The first-order chi connectivity index (χ1) is 8.26. The van der Waals surface area contributed by atoms with E-state index in [-0.39, 0.29) is 17.9 Å². The zero-order valence-electron chi connectivity index (χ0n) is 10.6. The Balaban J connectivity index is 3.03. The van der Waals surface area contributed by atoms with Crippen molar-refractivity contribution >= 4 is 5.91 Å². The van der Waals surface area contributed by atoms with Gasteiger partial charge in [0, 0.05) is 18.3 Å². The smallest absolute Gasteiger partial charge is 0.366 e. The Hall–Kier alpha value is -1.46. The first-order valence-corrected chi connectivity index (χ1v) is 5.25. The van der Waals surface area contributed by atoms with Gasteiger partial charge in [-0.15, -0.1) is 0 Å². The molecule has 0 unspecified atom stereocenters. The summed E-state index contributed by atoms with van der Waals surface area (Å²) in [5, 5.41) is 0. The van der Waals surface area contributed by atoms with Crippen molar-refractivity contribution < 1.29 is 19.4 Å². The number of alkyl halides is 3. The van der Waals surface area contributed by atoms with E-state index in [0.717, 1.165) is 0 Å². The van der Waals surface area contributed by atoms with E-state index in [1.165, 1.54) is 6.20 Å². The highest BCUT2D eigenvalue weighted by Gasteiger charge is 2.28. The van der Waals surface area contributed by atoms with Gasteiger partial charge in [-0.05, 0) is 17.9 Å². The molecular formula is C11H15F3N2O. The number of aromatic amines is 1. The number of nitrogens with two attached hydrogens (primary N) is 1. The van der Waals surface area contributed by atoms with E-state index in [2.05, 4.69) is 4.98 Å². The van der Waals surface area contributed by atoms with Crippen molar-refractivity contribution in [2.75, 3.05) is 0 Å². The van der Waals surface area contributed by atoms with Crippen molar-refractivity contribution in [3.05, 3.63) is 23.0 Å². The highest BCUT2D eigenvalue weighted by molar-refractivity contribution is 5.94. The van der Waals surface area contributed by atoms with Gasteiger partial charge in [-0.3, -0.25) is 4.79 Å². The average Bonchev–Trinajstić information content (AvgIpc) is 2.67. The minimum atomic E-state index is -4.26. The Kier molecular flexibility index (Phi) is 3.40. The van der Waals surface area contributed by atoms with Crippen LogP contribution in [0.25, 0.3) is 0 Å². The van der Waals surface area contributed by atoms with Crippen LogP contribution in [0.2, 0.25) is 1.41 Å². The molecule has 17 heavy (non-hydrogen) atoms. The van der Waals surface area contributed by atoms with Crippen LogP contribution in [0, 0.1) is 0 Å². The monoisotopic (exact) mass is 249 g/mol. The SMILES string of the molecule is [2H]NC(=O)c1c[nH]c(C(C)C)c1CCC(F)(F)F. The van der Waals surface area contributed by atoms with E-state index < -0.39 is 18.5 Å². The lowest BCUT2D eigenvalue weighted by molar-refractivity contribution is -0.134. The lowest BCUT2D eigenvalue weighted by Crippen LogP contribution is -2.15. The Bertz CT molecular complexity index is 426. The van der Waals surface area contributed by atoms with Gasteiger partial charge in [0.05, 0.1) is 5.56 Å². The number of nitrogens with one attached hydrogen (secondary N) is 1. The summed E-state index contributed by atoms with van der Waals surface area (Å²) in [5.74, 6) is -0.712. The van der Waals surface area contributed by atoms with Crippen LogP contribution in [0.15, 0.2) is 6.20 Å². The van der Waals surface area contributed by atoms with E-state index >= 15 is 0 Å². The highest BCUT2D eigenvalue weighted by Crippen LogP contribution is 2.27. The minimum absolute atomic E-state index is 0.0134. The fraction of sp³-hybridized carbons (Fsp3) is 0.545. The number of rotatable bonds is 4. The van der Waals surface area contributed by atoms with Gasteiger partial charge in [-0.1, -0.05) is 13.8 Å². The first-order valence-electron chi connectivity index (χ1n) is 5.75. The minimum Gasteiger partial charge on any atom is -0.366 e. The van der Waals surface area contributed by atoms with Gasteiger partial charge in [0.15, 0.2) is 1.41 Å². The number of primary amides is 1. The van der Waals surface area contributed by atoms with Gasteiger partial charge < -0.3 is 10.7 Å². The Labute approximate surface area is 98.7 Å². The maximum Gasteiger partial charge on any atom is 0.389 e. The molecule has 0 bridgehead atoms. The molecule has 1 aromatic heterocycles. The second-order valence-electron chi connectivity index (χ2n) is 4.19. The molecule has 1 rings (SSSR count). The lowest BCUT2D eigenvalue weighted by Gasteiger charge is -2.10. The van der Waals surface area contributed by atoms with Gasteiger partial charge in [0.2, 0.25) is 0 Å². The zero-order chi connectivity index (χ0) is 13.9. The van der Waals surface area contributed by atoms with Crippen molar-refractivity contribution in [1.29, 1.82) is 0 Å². The molecule has 0 saturated carbocycles. The number of halogens is 3. The van der Waals surface area contributed by atoms with Gasteiger partial charge in [0.1, 0.15) is 0 Å². The van der Waals surface area contributed by atoms with Gasteiger partial charge in [-0.2, -0.15) is 13.2 Å². The van der Waals surface area contributed by atoms with Gasteiger partial charge >= 0.3 is 6.18 Å². The summed E-state index contributed by atoms with van der Waals surface area (Å²) in [4.78, 5) is 14.2. The van der Waals surface area contributed by atoms with Crippen LogP contribution in [-0.2, 0) is 6.42 Å². The number of H-pyrrole nitrogens is 1. The summed E-state index contributed by atoms with van der Waals surface area (Å²) >= 11 is 0. The molecule has 0 spiro atoms. The van der Waals surface area contributed by atoms with Crippen molar-refractivity contribution in [3.8, 4) is 0 Å². The molecule has 1 aromatic rings. The third-order valence-corrected chi connectivity index (χ3v) is 2.50. The van der Waals surface area contributed by atoms with Crippen molar-refractivity contribution in [3.63, 3.8) is 0 Å². The molecule has 1 amide bonds. The fourth-order valence-electron chi connectivity index (χ4n) is 1.72. The standard InChI is InChI=1S/C11H15F3N2O/c1-6(2)9-7(3-4-11(12,13)14)8(5-16-9)10(15)17/h5-6,16H,3-4H2,1-2H3,(H2,15,17)/i/hD. The second kappa shape index (κ2) is 4.81. The van der Waals surface area contributed by atoms with Gasteiger partial charge in [0.25, 0.3) is 5.91 Å².